The number of pyridine rings is 1. The van der Waals surface area contributed by atoms with Gasteiger partial charge in [0.2, 0.25) is 0 Å². The second-order valence-electron chi connectivity index (χ2n) is 5.88. The first-order valence-electron chi connectivity index (χ1n) is 7.92. The first-order valence-corrected chi connectivity index (χ1v) is 8.67. The summed E-state index contributed by atoms with van der Waals surface area (Å²) in [5, 5.41) is 0.466. The third kappa shape index (κ3) is 3.94. The maximum Gasteiger partial charge on any atom is 0.255 e. The Bertz CT molecular complexity index is 800. The Balaban J connectivity index is 1.64. The van der Waals surface area contributed by atoms with Gasteiger partial charge >= 0.3 is 0 Å². The molecule has 0 saturated carbocycles. The van der Waals surface area contributed by atoms with Crippen molar-refractivity contribution < 1.29 is 9.59 Å². The number of amides is 1. The minimum absolute atomic E-state index is 0.0530. The number of piperazine rings is 1. The Kier molecular flexibility index (Phi) is 5.25. The van der Waals surface area contributed by atoms with Gasteiger partial charge in [-0.3, -0.25) is 9.59 Å². The van der Waals surface area contributed by atoms with Crippen molar-refractivity contribution in [2.45, 2.75) is 6.92 Å². The molecule has 1 fully saturated rings. The van der Waals surface area contributed by atoms with Crippen molar-refractivity contribution in [2.75, 3.05) is 31.1 Å². The lowest BCUT2D eigenvalue weighted by Gasteiger charge is -2.36. The minimum Gasteiger partial charge on any atom is -0.368 e. The number of carbonyl (C=O) groups is 2. The lowest BCUT2D eigenvalue weighted by atomic mass is 10.1. The van der Waals surface area contributed by atoms with Crippen molar-refractivity contribution in [3.8, 4) is 0 Å². The monoisotopic (exact) mass is 377 g/mol. The van der Waals surface area contributed by atoms with Gasteiger partial charge in [0.25, 0.3) is 5.91 Å². The zero-order valence-electron chi connectivity index (χ0n) is 13.7. The van der Waals surface area contributed by atoms with Crippen LogP contribution in [0.5, 0.6) is 0 Å². The average molecular weight is 378 g/mol. The first kappa shape index (κ1) is 17.7. The van der Waals surface area contributed by atoms with Crippen LogP contribution in [0, 0.1) is 0 Å². The normalized spacial score (nSPS) is 14.5. The number of carbonyl (C=O) groups excluding carboxylic acids is 2. The predicted molar refractivity (Wildman–Crippen MR) is 98.8 cm³/mol. The molecule has 1 aliphatic rings. The lowest BCUT2D eigenvalue weighted by molar-refractivity contribution is 0.0746. The summed E-state index contributed by atoms with van der Waals surface area (Å²) in [5.41, 5.74) is 2.19. The number of nitrogens with zero attached hydrogens (tertiary/aromatic N) is 3. The van der Waals surface area contributed by atoms with Crippen LogP contribution in [-0.2, 0) is 0 Å². The first-order chi connectivity index (χ1) is 12.0. The topological polar surface area (TPSA) is 53.5 Å². The number of hydrogen-bond acceptors (Lipinski definition) is 4. The SMILES string of the molecule is CC(=O)c1ccc(N2CCN(C(=O)c3cnc(Cl)c(Cl)c3)CC2)cc1. The van der Waals surface area contributed by atoms with E-state index in [1.807, 2.05) is 24.3 Å². The Morgan fingerprint density at radius 3 is 2.20 bits per heavy atom. The van der Waals surface area contributed by atoms with E-state index >= 15 is 0 Å². The molecule has 3 rings (SSSR count). The smallest absolute Gasteiger partial charge is 0.255 e. The van der Waals surface area contributed by atoms with Crippen LogP contribution in [0.1, 0.15) is 27.6 Å². The lowest BCUT2D eigenvalue weighted by Crippen LogP contribution is -2.48. The van der Waals surface area contributed by atoms with Gasteiger partial charge in [0.1, 0.15) is 5.15 Å². The van der Waals surface area contributed by atoms with Crippen molar-refractivity contribution in [3.05, 3.63) is 57.8 Å². The summed E-state index contributed by atoms with van der Waals surface area (Å²) >= 11 is 11.7. The number of rotatable bonds is 3. The largest absolute Gasteiger partial charge is 0.368 e. The summed E-state index contributed by atoms with van der Waals surface area (Å²) < 4.78 is 0. The molecular formula is C18H17Cl2N3O2. The van der Waals surface area contributed by atoms with Gasteiger partial charge in [-0.2, -0.15) is 0 Å². The molecule has 2 heterocycles. The Labute approximate surface area is 156 Å². The highest BCUT2D eigenvalue weighted by atomic mass is 35.5. The van der Waals surface area contributed by atoms with E-state index in [4.69, 9.17) is 23.2 Å². The minimum atomic E-state index is -0.0994. The van der Waals surface area contributed by atoms with E-state index in [2.05, 4.69) is 9.88 Å². The van der Waals surface area contributed by atoms with Crippen molar-refractivity contribution in [2.24, 2.45) is 0 Å². The third-order valence-electron chi connectivity index (χ3n) is 4.25. The molecule has 5 nitrogen and oxygen atoms in total. The molecule has 2 aromatic rings. The predicted octanol–water partition coefficient (Wildman–Crippen LogP) is 3.55. The number of Topliss-reactive ketones (excluding diaryl/α,β-unsaturated/α-hetero) is 1. The maximum atomic E-state index is 12.6. The second kappa shape index (κ2) is 7.42. The molecule has 25 heavy (non-hydrogen) atoms. The van der Waals surface area contributed by atoms with Gasteiger partial charge in [-0.1, -0.05) is 23.2 Å². The van der Waals surface area contributed by atoms with Gasteiger partial charge < -0.3 is 9.80 Å². The van der Waals surface area contributed by atoms with E-state index in [9.17, 15) is 9.59 Å². The molecule has 1 amide bonds. The number of anilines is 1. The Morgan fingerprint density at radius 2 is 1.64 bits per heavy atom. The summed E-state index contributed by atoms with van der Waals surface area (Å²) in [4.78, 5) is 31.8. The van der Waals surface area contributed by atoms with Crippen LogP contribution in [0.2, 0.25) is 10.2 Å². The highest BCUT2D eigenvalue weighted by Gasteiger charge is 2.23. The van der Waals surface area contributed by atoms with Crippen LogP contribution >= 0.6 is 23.2 Å². The zero-order valence-corrected chi connectivity index (χ0v) is 15.2. The van der Waals surface area contributed by atoms with E-state index in [1.54, 1.807) is 17.9 Å². The fourth-order valence-electron chi connectivity index (χ4n) is 2.80. The molecule has 0 aliphatic carbocycles. The van der Waals surface area contributed by atoms with Crippen LogP contribution in [0.3, 0.4) is 0 Å². The van der Waals surface area contributed by atoms with Crippen molar-refractivity contribution in [3.63, 3.8) is 0 Å². The van der Waals surface area contributed by atoms with Crippen LogP contribution in [0.25, 0.3) is 0 Å². The van der Waals surface area contributed by atoms with Gasteiger partial charge in [0.05, 0.1) is 10.6 Å². The molecule has 0 bridgehead atoms. The van der Waals surface area contributed by atoms with E-state index < -0.39 is 0 Å². The molecule has 7 heteroatoms. The summed E-state index contributed by atoms with van der Waals surface area (Å²) in [5.74, 6) is -0.0464. The molecule has 0 spiro atoms. The molecule has 0 N–H and O–H groups in total. The Morgan fingerprint density at radius 1 is 1.00 bits per heavy atom. The quantitative estimate of drug-likeness (QED) is 0.606. The molecule has 1 saturated heterocycles. The molecule has 130 valence electrons. The van der Waals surface area contributed by atoms with Gasteiger partial charge in [-0.25, -0.2) is 4.98 Å². The number of halogens is 2. The number of ketones is 1. The van der Waals surface area contributed by atoms with Gasteiger partial charge in [-0.15, -0.1) is 0 Å². The van der Waals surface area contributed by atoms with Crippen LogP contribution in [0.15, 0.2) is 36.5 Å². The van der Waals surface area contributed by atoms with Crippen molar-refractivity contribution >= 4 is 40.6 Å². The molecular weight excluding hydrogens is 361 g/mol. The molecule has 0 atom stereocenters. The van der Waals surface area contributed by atoms with E-state index in [0.717, 1.165) is 18.8 Å². The number of aromatic nitrogens is 1. The summed E-state index contributed by atoms with van der Waals surface area (Å²) in [7, 11) is 0. The standard InChI is InChI=1S/C18H17Cl2N3O2/c1-12(24)13-2-4-15(5-3-13)22-6-8-23(9-7-22)18(25)14-10-16(19)17(20)21-11-14/h2-5,10-11H,6-9H2,1H3. The van der Waals surface area contributed by atoms with Crippen LogP contribution in [0.4, 0.5) is 5.69 Å². The summed E-state index contributed by atoms with van der Waals surface area (Å²) in [6.07, 6.45) is 1.45. The van der Waals surface area contributed by atoms with Gasteiger partial charge in [0, 0.05) is 43.6 Å². The van der Waals surface area contributed by atoms with Crippen LogP contribution < -0.4 is 4.90 Å². The molecule has 1 aromatic carbocycles. The average Bonchev–Trinajstić information content (AvgIpc) is 2.63. The molecule has 1 aromatic heterocycles. The third-order valence-corrected chi connectivity index (χ3v) is 4.94. The number of hydrogen-bond donors (Lipinski definition) is 0. The second-order valence-corrected chi connectivity index (χ2v) is 6.64. The fourth-order valence-corrected chi connectivity index (χ4v) is 3.07. The fraction of sp³-hybridized carbons (Fsp3) is 0.278. The van der Waals surface area contributed by atoms with Crippen LogP contribution in [-0.4, -0.2) is 47.8 Å². The van der Waals surface area contributed by atoms with Gasteiger partial charge in [0.15, 0.2) is 5.78 Å². The summed E-state index contributed by atoms with van der Waals surface area (Å²) in [6.45, 7) is 4.21. The van der Waals surface area contributed by atoms with E-state index in [-0.39, 0.29) is 21.9 Å². The van der Waals surface area contributed by atoms with Crippen molar-refractivity contribution in [1.82, 2.24) is 9.88 Å². The summed E-state index contributed by atoms with van der Waals surface area (Å²) in [6, 6.07) is 9.09. The number of benzene rings is 1. The van der Waals surface area contributed by atoms with E-state index in [1.165, 1.54) is 6.20 Å². The van der Waals surface area contributed by atoms with E-state index in [0.29, 0.717) is 24.2 Å². The van der Waals surface area contributed by atoms with Crippen molar-refractivity contribution in [1.29, 1.82) is 0 Å². The van der Waals surface area contributed by atoms with Gasteiger partial charge in [-0.05, 0) is 37.3 Å². The molecule has 0 unspecified atom stereocenters. The highest BCUT2D eigenvalue weighted by Crippen LogP contribution is 2.22. The zero-order chi connectivity index (χ0) is 18.0. The Hall–Kier alpha value is -2.11. The maximum absolute atomic E-state index is 12.6. The highest BCUT2D eigenvalue weighted by molar-refractivity contribution is 6.41. The molecule has 0 radical (unpaired) electrons. The molecule has 1 aliphatic heterocycles.